The molecule has 1 unspecified atom stereocenters. The predicted octanol–water partition coefficient (Wildman–Crippen LogP) is 11.7. The Kier molecular flexibility index (Phi) is 6.03. The summed E-state index contributed by atoms with van der Waals surface area (Å²) in [6, 6.07) is 56.0. The molecule has 2 aliphatic carbocycles. The first kappa shape index (κ1) is 29.4. The Morgan fingerprint density at radius 2 is 1.30 bits per heavy atom. The fraction of sp³-hybridized carbons (Fsp3) is 0.0612. The summed E-state index contributed by atoms with van der Waals surface area (Å²) in [6.07, 6.45) is 7.44. The molecule has 248 valence electrons. The van der Waals surface area contributed by atoms with Crippen LogP contribution in [0.2, 0.25) is 0 Å². The van der Waals surface area contributed by atoms with E-state index in [1.807, 2.05) is 11.8 Å². The van der Waals surface area contributed by atoms with Gasteiger partial charge in [-0.3, -0.25) is 4.57 Å². The molecule has 0 fully saturated rings. The number of para-hydroxylation sites is 1. The van der Waals surface area contributed by atoms with Crippen LogP contribution >= 0.6 is 11.8 Å². The molecule has 4 aliphatic rings. The highest BCUT2D eigenvalue weighted by atomic mass is 32.2. The van der Waals surface area contributed by atoms with Crippen molar-refractivity contribution in [3.63, 3.8) is 0 Å². The summed E-state index contributed by atoms with van der Waals surface area (Å²) in [5.74, 6) is 0.738. The maximum atomic E-state index is 5.52. The second-order valence-corrected chi connectivity index (χ2v) is 15.5. The lowest BCUT2D eigenvalue weighted by molar-refractivity contribution is 0.724. The highest BCUT2D eigenvalue weighted by Crippen LogP contribution is 2.62. The first-order valence-corrected chi connectivity index (χ1v) is 19.2. The van der Waals surface area contributed by atoms with Gasteiger partial charge in [0.2, 0.25) is 5.96 Å². The third-order valence-corrected chi connectivity index (χ3v) is 12.9. The maximum absolute atomic E-state index is 5.52. The maximum Gasteiger partial charge on any atom is 0.231 e. The first-order valence-electron chi connectivity index (χ1n) is 18.3. The zero-order chi connectivity index (χ0) is 34.7. The van der Waals surface area contributed by atoms with Crippen LogP contribution in [0.15, 0.2) is 195 Å². The molecule has 53 heavy (non-hydrogen) atoms. The molecule has 3 nitrogen and oxygen atoms in total. The van der Waals surface area contributed by atoms with Crippen molar-refractivity contribution in [1.82, 2.24) is 4.57 Å². The number of benzene rings is 7. The van der Waals surface area contributed by atoms with E-state index >= 15 is 0 Å². The standard InChI is InChI=1S/C49H31N3S/c1-2-14-31-27-32(26-25-30(31)13-1)47-36-18-5-10-22-42(36)50-48(51-47)52-43-23-11-6-17-35(43)37-28-46-41(29-44(37)52)49(40-21-9-12-24-45(40)53-46)38-19-7-3-15-33(38)34-16-4-8-20-39(34)49/h1-21,23-29,42H,22H2. The minimum atomic E-state index is -0.461. The SMILES string of the molecule is C1=CCC2N=C(n3c4ccccc4c4cc5c(cc43)C3(c4ccccc4S5)c4ccccc4-c4ccccc43)N=C(c3ccc4ccccc4c3)C2=C1. The number of aromatic nitrogens is 1. The zero-order valence-corrected chi connectivity index (χ0v) is 29.5. The lowest BCUT2D eigenvalue weighted by Crippen LogP contribution is -2.32. The zero-order valence-electron chi connectivity index (χ0n) is 28.7. The van der Waals surface area contributed by atoms with Crippen LogP contribution in [0.4, 0.5) is 0 Å². The van der Waals surface area contributed by atoms with Crippen LogP contribution in [0.1, 0.15) is 34.2 Å². The van der Waals surface area contributed by atoms with Gasteiger partial charge in [-0.1, -0.05) is 151 Å². The summed E-state index contributed by atoms with van der Waals surface area (Å²) in [7, 11) is 0. The summed E-state index contributed by atoms with van der Waals surface area (Å²) in [6.45, 7) is 0. The number of allylic oxidation sites excluding steroid dienone is 2. The highest BCUT2D eigenvalue weighted by Gasteiger charge is 2.50. The summed E-state index contributed by atoms with van der Waals surface area (Å²) in [5.41, 5.74) is 13.0. The molecule has 12 rings (SSSR count). The van der Waals surface area contributed by atoms with Gasteiger partial charge in [0.15, 0.2) is 0 Å². The molecule has 8 aromatic rings. The molecule has 4 heteroatoms. The average molecular weight is 694 g/mol. The molecule has 3 heterocycles. The second-order valence-electron chi connectivity index (χ2n) is 14.4. The first-order chi connectivity index (χ1) is 26.3. The van der Waals surface area contributed by atoms with E-state index in [1.54, 1.807) is 0 Å². The molecule has 1 aromatic heterocycles. The Hall–Kier alpha value is -6.23. The number of aliphatic imine (C=N–C) groups is 2. The smallest absolute Gasteiger partial charge is 0.231 e. The third-order valence-electron chi connectivity index (χ3n) is 11.8. The summed E-state index contributed by atoms with van der Waals surface area (Å²) < 4.78 is 2.34. The summed E-state index contributed by atoms with van der Waals surface area (Å²) in [5, 5.41) is 4.87. The van der Waals surface area contributed by atoms with Crippen molar-refractivity contribution in [2.24, 2.45) is 9.98 Å². The largest absolute Gasteiger partial charge is 0.278 e. The molecule has 1 spiro atoms. The molecule has 1 atom stereocenters. The van der Waals surface area contributed by atoms with E-state index in [1.165, 1.54) is 70.3 Å². The number of rotatable bonds is 1. The van der Waals surface area contributed by atoms with Crippen LogP contribution in [-0.4, -0.2) is 22.3 Å². The van der Waals surface area contributed by atoms with Crippen LogP contribution in [0.25, 0.3) is 43.7 Å². The van der Waals surface area contributed by atoms with Crippen LogP contribution in [-0.2, 0) is 5.41 Å². The number of fused-ring (bicyclic) bond motifs is 14. The van der Waals surface area contributed by atoms with E-state index in [0.717, 1.165) is 34.7 Å². The molecule has 2 aliphatic heterocycles. The molecule has 0 radical (unpaired) electrons. The van der Waals surface area contributed by atoms with Gasteiger partial charge in [-0.05, 0) is 80.9 Å². The average Bonchev–Trinajstić information content (AvgIpc) is 3.70. The van der Waals surface area contributed by atoms with Crippen molar-refractivity contribution in [3.05, 3.63) is 203 Å². The van der Waals surface area contributed by atoms with Gasteiger partial charge in [0.1, 0.15) is 0 Å². The van der Waals surface area contributed by atoms with E-state index in [9.17, 15) is 0 Å². The number of nitrogens with zero attached hydrogens (tertiary/aromatic N) is 3. The summed E-state index contributed by atoms with van der Waals surface area (Å²) >= 11 is 1.89. The van der Waals surface area contributed by atoms with Crippen molar-refractivity contribution in [3.8, 4) is 11.1 Å². The van der Waals surface area contributed by atoms with Crippen molar-refractivity contribution >= 4 is 56.0 Å². The topological polar surface area (TPSA) is 29.6 Å². The molecule has 7 aromatic carbocycles. The Bertz CT molecular complexity index is 2980. The summed E-state index contributed by atoms with van der Waals surface area (Å²) in [4.78, 5) is 13.6. The lowest BCUT2D eigenvalue weighted by Gasteiger charge is -2.39. The van der Waals surface area contributed by atoms with Gasteiger partial charge < -0.3 is 0 Å². The molecule has 0 N–H and O–H groups in total. The van der Waals surface area contributed by atoms with E-state index in [2.05, 4.69) is 174 Å². The van der Waals surface area contributed by atoms with Gasteiger partial charge >= 0.3 is 0 Å². The van der Waals surface area contributed by atoms with Gasteiger partial charge in [0.05, 0.1) is 28.2 Å². The second kappa shape index (κ2) is 10.9. The van der Waals surface area contributed by atoms with Crippen LogP contribution in [0.5, 0.6) is 0 Å². The lowest BCUT2D eigenvalue weighted by atomic mass is 9.67. The fourth-order valence-corrected chi connectivity index (χ4v) is 10.7. The molecule has 0 amide bonds. The van der Waals surface area contributed by atoms with Crippen molar-refractivity contribution in [2.45, 2.75) is 27.7 Å². The van der Waals surface area contributed by atoms with Gasteiger partial charge in [-0.25, -0.2) is 9.98 Å². The molecular weight excluding hydrogens is 663 g/mol. The quantitative estimate of drug-likeness (QED) is 0.168. The van der Waals surface area contributed by atoms with E-state index < -0.39 is 5.41 Å². The Morgan fingerprint density at radius 3 is 2.15 bits per heavy atom. The number of hydrogen-bond acceptors (Lipinski definition) is 3. The Morgan fingerprint density at radius 1 is 0.585 bits per heavy atom. The molecule has 0 saturated heterocycles. The minimum absolute atomic E-state index is 0.00910. The van der Waals surface area contributed by atoms with E-state index in [4.69, 9.17) is 9.98 Å². The van der Waals surface area contributed by atoms with E-state index in [-0.39, 0.29) is 6.04 Å². The van der Waals surface area contributed by atoms with Crippen molar-refractivity contribution < 1.29 is 0 Å². The van der Waals surface area contributed by atoms with Crippen molar-refractivity contribution in [2.75, 3.05) is 0 Å². The Balaban J connectivity index is 1.16. The van der Waals surface area contributed by atoms with Crippen LogP contribution < -0.4 is 0 Å². The minimum Gasteiger partial charge on any atom is -0.278 e. The normalized spacial score (nSPS) is 17.5. The monoisotopic (exact) mass is 693 g/mol. The highest BCUT2D eigenvalue weighted by molar-refractivity contribution is 7.99. The molecule has 0 bridgehead atoms. The van der Waals surface area contributed by atoms with Gasteiger partial charge in [0.25, 0.3) is 0 Å². The molecule has 0 saturated carbocycles. The third kappa shape index (κ3) is 3.96. The Labute approximate surface area is 311 Å². The van der Waals surface area contributed by atoms with Crippen LogP contribution in [0.3, 0.4) is 0 Å². The van der Waals surface area contributed by atoms with Gasteiger partial charge in [0, 0.05) is 31.7 Å². The number of hydrogen-bond donors (Lipinski definition) is 0. The fourth-order valence-electron chi connectivity index (χ4n) is 9.52. The van der Waals surface area contributed by atoms with E-state index in [0.29, 0.717) is 0 Å². The van der Waals surface area contributed by atoms with Gasteiger partial charge in [-0.15, -0.1) is 0 Å². The van der Waals surface area contributed by atoms with Crippen LogP contribution in [0, 0.1) is 0 Å². The molecular formula is C49H31N3S. The predicted molar refractivity (Wildman–Crippen MR) is 220 cm³/mol. The van der Waals surface area contributed by atoms with Gasteiger partial charge in [-0.2, -0.15) is 0 Å². The van der Waals surface area contributed by atoms with Crippen molar-refractivity contribution in [1.29, 1.82) is 0 Å².